The largest absolute Gasteiger partial charge is 0.316 e. The number of aromatic nitrogens is 1. The number of hydrogen-bond donors (Lipinski definition) is 1. The van der Waals surface area contributed by atoms with E-state index in [1.165, 1.54) is 37.1 Å². The Morgan fingerprint density at radius 1 is 1.38 bits per heavy atom. The van der Waals surface area contributed by atoms with Crippen molar-refractivity contribution in [3.8, 4) is 0 Å². The van der Waals surface area contributed by atoms with Gasteiger partial charge in [0.25, 0.3) is 0 Å². The summed E-state index contributed by atoms with van der Waals surface area (Å²) >= 11 is 0. The van der Waals surface area contributed by atoms with Crippen LogP contribution in [-0.2, 0) is 0 Å². The lowest BCUT2D eigenvalue weighted by Crippen LogP contribution is -2.33. The Bertz CT molecular complexity index is 405. The Morgan fingerprint density at radius 2 is 2.31 bits per heavy atom. The fourth-order valence-electron chi connectivity index (χ4n) is 2.87. The lowest BCUT2D eigenvalue weighted by Gasteiger charge is -2.25. The molecule has 1 fully saturated rings. The molecule has 1 aliphatic carbocycles. The van der Waals surface area contributed by atoms with Gasteiger partial charge in [0, 0.05) is 11.9 Å². The Morgan fingerprint density at radius 3 is 3.06 bits per heavy atom. The van der Waals surface area contributed by atoms with Crippen molar-refractivity contribution in [1.29, 1.82) is 0 Å². The highest BCUT2D eigenvalue weighted by Gasteiger charge is 2.29. The molecule has 0 radical (unpaired) electrons. The van der Waals surface area contributed by atoms with Gasteiger partial charge in [-0.1, -0.05) is 12.1 Å². The maximum absolute atomic E-state index is 4.38. The van der Waals surface area contributed by atoms with Crippen molar-refractivity contribution >= 4 is 5.57 Å². The van der Waals surface area contributed by atoms with Crippen LogP contribution >= 0.6 is 0 Å². The number of aryl methyl sites for hydroxylation is 1. The fourth-order valence-corrected chi connectivity index (χ4v) is 2.87. The van der Waals surface area contributed by atoms with Gasteiger partial charge in [0.05, 0.1) is 0 Å². The van der Waals surface area contributed by atoms with Crippen LogP contribution in [0.3, 0.4) is 0 Å². The van der Waals surface area contributed by atoms with Crippen molar-refractivity contribution in [2.45, 2.75) is 19.8 Å². The monoisotopic (exact) mass is 214 g/mol. The molecule has 0 amide bonds. The van der Waals surface area contributed by atoms with E-state index >= 15 is 0 Å². The zero-order valence-electron chi connectivity index (χ0n) is 9.74. The lowest BCUT2D eigenvalue weighted by atomic mass is 9.89. The van der Waals surface area contributed by atoms with Gasteiger partial charge in [0.2, 0.25) is 0 Å². The molecule has 1 saturated heterocycles. The highest BCUT2D eigenvalue weighted by molar-refractivity contribution is 5.67. The van der Waals surface area contributed by atoms with Crippen LogP contribution in [0.2, 0.25) is 0 Å². The van der Waals surface area contributed by atoms with E-state index in [2.05, 4.69) is 28.5 Å². The van der Waals surface area contributed by atoms with Crippen molar-refractivity contribution < 1.29 is 0 Å². The maximum atomic E-state index is 4.38. The molecule has 0 saturated carbocycles. The molecule has 2 unspecified atom stereocenters. The van der Waals surface area contributed by atoms with Crippen LogP contribution in [0.25, 0.3) is 5.57 Å². The molecule has 2 atom stereocenters. The number of fused-ring (bicyclic) bond motifs is 1. The zero-order chi connectivity index (χ0) is 11.0. The van der Waals surface area contributed by atoms with Crippen LogP contribution in [0.5, 0.6) is 0 Å². The van der Waals surface area contributed by atoms with Gasteiger partial charge in [-0.05, 0) is 61.9 Å². The first-order valence-electron chi connectivity index (χ1n) is 6.17. The first-order chi connectivity index (χ1) is 7.83. The minimum Gasteiger partial charge on any atom is -0.316 e. The topological polar surface area (TPSA) is 24.9 Å². The quantitative estimate of drug-likeness (QED) is 0.776. The van der Waals surface area contributed by atoms with Gasteiger partial charge >= 0.3 is 0 Å². The van der Waals surface area contributed by atoms with E-state index in [4.69, 9.17) is 0 Å². The van der Waals surface area contributed by atoms with Crippen LogP contribution in [0.4, 0.5) is 0 Å². The summed E-state index contributed by atoms with van der Waals surface area (Å²) in [6, 6.07) is 4.31. The Balaban J connectivity index is 1.83. The van der Waals surface area contributed by atoms with Gasteiger partial charge in [-0.25, -0.2) is 0 Å². The average molecular weight is 214 g/mol. The third kappa shape index (κ3) is 1.78. The first-order valence-corrected chi connectivity index (χ1v) is 6.17. The van der Waals surface area contributed by atoms with E-state index < -0.39 is 0 Å². The minimum absolute atomic E-state index is 0.803. The second kappa shape index (κ2) is 4.02. The van der Waals surface area contributed by atoms with E-state index in [-0.39, 0.29) is 0 Å². The Labute approximate surface area is 96.8 Å². The smallest absolute Gasteiger partial charge is 0.0373 e. The third-order valence-electron chi connectivity index (χ3n) is 3.85. The third-order valence-corrected chi connectivity index (χ3v) is 3.85. The molecule has 1 aromatic rings. The first kappa shape index (κ1) is 10.0. The second-order valence-electron chi connectivity index (χ2n) is 5.00. The predicted octanol–water partition coefficient (Wildman–Crippen LogP) is 2.40. The Hall–Kier alpha value is -1.15. The van der Waals surface area contributed by atoms with Gasteiger partial charge in [-0.3, -0.25) is 4.98 Å². The second-order valence-corrected chi connectivity index (χ2v) is 5.00. The lowest BCUT2D eigenvalue weighted by molar-refractivity contribution is 0.324. The molecule has 1 aromatic heterocycles. The van der Waals surface area contributed by atoms with Crippen LogP contribution < -0.4 is 5.32 Å². The summed E-state index contributed by atoms with van der Waals surface area (Å²) in [5.74, 6) is 1.63. The fraction of sp³-hybridized carbons (Fsp3) is 0.500. The van der Waals surface area contributed by atoms with E-state index in [1.807, 2.05) is 13.1 Å². The summed E-state index contributed by atoms with van der Waals surface area (Å²) in [4.78, 5) is 4.38. The van der Waals surface area contributed by atoms with E-state index in [0.29, 0.717) is 0 Å². The van der Waals surface area contributed by atoms with E-state index in [1.54, 1.807) is 0 Å². The number of nitrogens with zero attached hydrogens (tertiary/aromatic N) is 1. The summed E-state index contributed by atoms with van der Waals surface area (Å²) in [6.07, 6.45) is 7.03. The number of rotatable bonds is 1. The maximum Gasteiger partial charge on any atom is 0.0373 e. The van der Waals surface area contributed by atoms with Crippen molar-refractivity contribution in [2.24, 2.45) is 11.8 Å². The summed E-state index contributed by atoms with van der Waals surface area (Å²) in [6.45, 7) is 4.40. The molecule has 0 bridgehead atoms. The van der Waals surface area contributed by atoms with Gasteiger partial charge < -0.3 is 5.32 Å². The number of hydrogen-bond acceptors (Lipinski definition) is 2. The van der Waals surface area contributed by atoms with Crippen LogP contribution in [0.1, 0.15) is 24.1 Å². The molecule has 3 rings (SSSR count). The number of nitrogens with one attached hydrogen (secondary N) is 1. The van der Waals surface area contributed by atoms with Gasteiger partial charge in [0.1, 0.15) is 0 Å². The molecule has 2 heteroatoms. The molecular weight excluding hydrogens is 196 g/mol. The van der Waals surface area contributed by atoms with Crippen LogP contribution in [0.15, 0.2) is 24.4 Å². The molecule has 0 aromatic carbocycles. The highest BCUT2D eigenvalue weighted by atomic mass is 14.9. The molecule has 2 nitrogen and oxygen atoms in total. The van der Waals surface area contributed by atoms with E-state index in [9.17, 15) is 0 Å². The number of allylic oxidation sites excluding steroid dienone is 2. The minimum atomic E-state index is 0.803. The Kier molecular flexibility index (Phi) is 2.52. The standard InChI is InChI=1S/C14H18N2/c1-10-2-3-12(9-16-10)13-6-11-4-5-15-8-14(11)7-13/h2-3,6,9,11,14-15H,4-5,7-8H2,1H3. The van der Waals surface area contributed by atoms with Crippen LogP contribution in [0, 0.1) is 18.8 Å². The number of piperidine rings is 1. The molecule has 0 spiro atoms. The average Bonchev–Trinajstić information content (AvgIpc) is 2.73. The SMILES string of the molecule is Cc1ccc(C2=CC3CCNCC3C2)cn1. The van der Waals surface area contributed by atoms with Gasteiger partial charge in [-0.15, -0.1) is 0 Å². The van der Waals surface area contributed by atoms with Crippen LogP contribution in [-0.4, -0.2) is 18.1 Å². The zero-order valence-corrected chi connectivity index (χ0v) is 9.74. The predicted molar refractivity (Wildman–Crippen MR) is 66.0 cm³/mol. The molecule has 2 aliphatic rings. The van der Waals surface area contributed by atoms with Gasteiger partial charge in [0.15, 0.2) is 0 Å². The molecular formula is C14H18N2. The van der Waals surface area contributed by atoms with Crippen molar-refractivity contribution in [1.82, 2.24) is 10.3 Å². The summed E-state index contributed by atoms with van der Waals surface area (Å²) in [5.41, 5.74) is 3.92. The summed E-state index contributed by atoms with van der Waals surface area (Å²) in [5, 5.41) is 3.49. The molecule has 16 heavy (non-hydrogen) atoms. The highest BCUT2D eigenvalue weighted by Crippen LogP contribution is 2.38. The molecule has 2 heterocycles. The molecule has 84 valence electrons. The van der Waals surface area contributed by atoms with Crippen molar-refractivity contribution in [3.05, 3.63) is 35.7 Å². The van der Waals surface area contributed by atoms with E-state index in [0.717, 1.165) is 17.5 Å². The summed E-state index contributed by atoms with van der Waals surface area (Å²) in [7, 11) is 0. The number of pyridine rings is 1. The normalized spacial score (nSPS) is 28.7. The molecule has 1 aliphatic heterocycles. The van der Waals surface area contributed by atoms with Gasteiger partial charge in [-0.2, -0.15) is 0 Å². The molecule has 1 N–H and O–H groups in total. The van der Waals surface area contributed by atoms with Crippen molar-refractivity contribution in [2.75, 3.05) is 13.1 Å². The van der Waals surface area contributed by atoms with Crippen molar-refractivity contribution in [3.63, 3.8) is 0 Å². The summed E-state index contributed by atoms with van der Waals surface area (Å²) < 4.78 is 0.